The maximum absolute atomic E-state index is 12.7. The molecule has 0 saturated carbocycles. The van der Waals surface area contributed by atoms with Crippen molar-refractivity contribution in [3.8, 4) is 6.07 Å². The lowest BCUT2D eigenvalue weighted by molar-refractivity contribution is -0.121. The molecule has 1 N–H and O–H groups in total. The molecule has 2 unspecified atom stereocenters. The van der Waals surface area contributed by atoms with Gasteiger partial charge in [-0.2, -0.15) is 9.57 Å². The van der Waals surface area contributed by atoms with Crippen LogP contribution >= 0.6 is 0 Å². The molecule has 158 valence electrons. The van der Waals surface area contributed by atoms with Gasteiger partial charge in [-0.3, -0.25) is 9.69 Å². The number of carbonyl (C=O) groups excluding carboxylic acids is 1. The van der Waals surface area contributed by atoms with Crippen LogP contribution in [0.3, 0.4) is 0 Å². The summed E-state index contributed by atoms with van der Waals surface area (Å²) in [6.45, 7) is 3.50. The minimum Gasteiger partial charge on any atom is -0.351 e. The molecular weight excluding hydrogens is 400 g/mol. The predicted molar refractivity (Wildman–Crippen MR) is 114 cm³/mol. The number of amides is 1. The van der Waals surface area contributed by atoms with E-state index >= 15 is 0 Å². The molecule has 2 aromatic carbocycles. The van der Waals surface area contributed by atoms with E-state index in [1.54, 1.807) is 0 Å². The fourth-order valence-electron chi connectivity index (χ4n) is 3.64. The molecular formula is C22H26N4O3S. The Morgan fingerprint density at radius 3 is 2.53 bits per heavy atom. The topological polar surface area (TPSA) is 93.5 Å². The third-order valence-corrected chi connectivity index (χ3v) is 7.29. The number of hydrogen-bond acceptors (Lipinski definition) is 5. The standard InChI is InChI=1S/C22H26N4O3S/c1-17(19-6-4-3-5-7-19)26-13-12-20(15-26)24-22(27)16-25(2)30(28,29)21-10-8-18(14-23)9-11-21/h3-11,17,20H,12-13,15-16H2,1-2H3,(H,24,27). The summed E-state index contributed by atoms with van der Waals surface area (Å²) in [6.07, 6.45) is 0.828. The molecule has 3 rings (SSSR count). The summed E-state index contributed by atoms with van der Waals surface area (Å²) in [6, 6.07) is 18.1. The zero-order valence-corrected chi connectivity index (χ0v) is 18.0. The van der Waals surface area contributed by atoms with Crippen molar-refractivity contribution in [1.29, 1.82) is 5.26 Å². The second-order valence-electron chi connectivity index (χ2n) is 7.53. The maximum atomic E-state index is 12.7. The monoisotopic (exact) mass is 426 g/mol. The highest BCUT2D eigenvalue weighted by molar-refractivity contribution is 7.89. The molecule has 1 heterocycles. The zero-order chi connectivity index (χ0) is 21.7. The number of likely N-dealkylation sites (N-methyl/N-ethyl adjacent to an activating group) is 1. The average molecular weight is 427 g/mol. The van der Waals surface area contributed by atoms with Crippen LogP contribution in [-0.4, -0.2) is 56.3 Å². The van der Waals surface area contributed by atoms with Crippen molar-refractivity contribution in [2.24, 2.45) is 0 Å². The number of likely N-dealkylation sites (tertiary alicyclic amines) is 1. The fraction of sp³-hybridized carbons (Fsp3) is 0.364. The summed E-state index contributed by atoms with van der Waals surface area (Å²) < 4.78 is 26.3. The molecule has 0 aromatic heterocycles. The van der Waals surface area contributed by atoms with Crippen molar-refractivity contribution in [2.75, 3.05) is 26.7 Å². The van der Waals surface area contributed by atoms with E-state index in [4.69, 9.17) is 5.26 Å². The van der Waals surface area contributed by atoms with E-state index in [1.165, 1.54) is 36.9 Å². The molecule has 8 heteroatoms. The van der Waals surface area contributed by atoms with Crippen LogP contribution in [0.15, 0.2) is 59.5 Å². The van der Waals surface area contributed by atoms with Gasteiger partial charge in [0.1, 0.15) is 0 Å². The Labute approximate surface area is 178 Å². The first-order valence-electron chi connectivity index (χ1n) is 9.86. The smallest absolute Gasteiger partial charge is 0.243 e. The molecule has 1 aliphatic rings. The van der Waals surface area contributed by atoms with Gasteiger partial charge in [0.25, 0.3) is 0 Å². The molecule has 1 aliphatic heterocycles. The SMILES string of the molecule is CC(c1ccccc1)N1CCC(NC(=O)CN(C)S(=O)(=O)c2ccc(C#N)cc2)C1. The number of nitrogens with one attached hydrogen (secondary N) is 1. The van der Waals surface area contributed by atoms with Gasteiger partial charge >= 0.3 is 0 Å². The molecule has 2 atom stereocenters. The molecule has 0 aliphatic carbocycles. The van der Waals surface area contributed by atoms with E-state index < -0.39 is 10.0 Å². The highest BCUT2D eigenvalue weighted by atomic mass is 32.2. The van der Waals surface area contributed by atoms with Gasteiger partial charge in [-0.05, 0) is 43.2 Å². The van der Waals surface area contributed by atoms with Crippen LogP contribution in [0.1, 0.15) is 30.5 Å². The van der Waals surface area contributed by atoms with Crippen molar-refractivity contribution in [3.05, 3.63) is 65.7 Å². The minimum atomic E-state index is -3.80. The van der Waals surface area contributed by atoms with Crippen molar-refractivity contribution in [3.63, 3.8) is 0 Å². The van der Waals surface area contributed by atoms with E-state index in [0.29, 0.717) is 5.56 Å². The van der Waals surface area contributed by atoms with Crippen LogP contribution in [0, 0.1) is 11.3 Å². The molecule has 30 heavy (non-hydrogen) atoms. The molecule has 1 fully saturated rings. The highest BCUT2D eigenvalue weighted by Gasteiger charge is 2.29. The third kappa shape index (κ3) is 5.05. The molecule has 2 aromatic rings. The highest BCUT2D eigenvalue weighted by Crippen LogP contribution is 2.24. The second-order valence-corrected chi connectivity index (χ2v) is 9.58. The number of sulfonamides is 1. The zero-order valence-electron chi connectivity index (χ0n) is 17.2. The van der Waals surface area contributed by atoms with Crippen LogP contribution < -0.4 is 5.32 Å². The summed E-state index contributed by atoms with van der Waals surface area (Å²) in [7, 11) is -2.42. The van der Waals surface area contributed by atoms with E-state index in [1.807, 2.05) is 24.3 Å². The normalized spacial score (nSPS) is 18.1. The number of benzene rings is 2. The van der Waals surface area contributed by atoms with E-state index in [0.717, 1.165) is 23.8 Å². The van der Waals surface area contributed by atoms with Gasteiger partial charge in [0.15, 0.2) is 0 Å². The van der Waals surface area contributed by atoms with E-state index in [2.05, 4.69) is 29.3 Å². The summed E-state index contributed by atoms with van der Waals surface area (Å²) in [5, 5.41) is 11.8. The minimum absolute atomic E-state index is 0.00493. The fourth-order valence-corrected chi connectivity index (χ4v) is 4.77. The Morgan fingerprint density at radius 1 is 1.23 bits per heavy atom. The summed E-state index contributed by atoms with van der Waals surface area (Å²) >= 11 is 0. The van der Waals surface area contributed by atoms with Gasteiger partial charge in [-0.15, -0.1) is 0 Å². The molecule has 0 bridgehead atoms. The van der Waals surface area contributed by atoms with Gasteiger partial charge in [-0.1, -0.05) is 30.3 Å². The van der Waals surface area contributed by atoms with E-state index in [9.17, 15) is 13.2 Å². The lowest BCUT2D eigenvalue weighted by atomic mass is 10.1. The van der Waals surface area contributed by atoms with Gasteiger partial charge in [0.2, 0.25) is 15.9 Å². The number of nitrogens with zero attached hydrogens (tertiary/aromatic N) is 3. The lowest BCUT2D eigenvalue weighted by Crippen LogP contribution is -2.43. The third-order valence-electron chi connectivity index (χ3n) is 5.47. The van der Waals surface area contributed by atoms with Crippen molar-refractivity contribution in [1.82, 2.24) is 14.5 Å². The Morgan fingerprint density at radius 2 is 1.90 bits per heavy atom. The summed E-state index contributed by atoms with van der Waals surface area (Å²) in [5.74, 6) is -0.325. The number of carbonyl (C=O) groups is 1. The first-order valence-corrected chi connectivity index (χ1v) is 11.3. The van der Waals surface area contributed by atoms with Crippen molar-refractivity contribution in [2.45, 2.75) is 30.3 Å². The summed E-state index contributed by atoms with van der Waals surface area (Å²) in [5.41, 5.74) is 1.61. The number of hydrogen-bond donors (Lipinski definition) is 1. The second kappa shape index (κ2) is 9.39. The van der Waals surface area contributed by atoms with Crippen LogP contribution in [0.4, 0.5) is 0 Å². The van der Waals surface area contributed by atoms with E-state index in [-0.39, 0.29) is 29.4 Å². The van der Waals surface area contributed by atoms with Gasteiger partial charge < -0.3 is 5.32 Å². The van der Waals surface area contributed by atoms with Crippen molar-refractivity contribution < 1.29 is 13.2 Å². The maximum Gasteiger partial charge on any atom is 0.243 e. The quantitative estimate of drug-likeness (QED) is 0.732. The van der Waals surface area contributed by atoms with Crippen LogP contribution in [0.25, 0.3) is 0 Å². The molecule has 0 spiro atoms. The Bertz CT molecular complexity index is 1020. The predicted octanol–water partition coefficient (Wildman–Crippen LogP) is 2.13. The Hall–Kier alpha value is -2.73. The van der Waals surface area contributed by atoms with Crippen LogP contribution in [-0.2, 0) is 14.8 Å². The summed E-state index contributed by atoms with van der Waals surface area (Å²) in [4.78, 5) is 14.8. The largest absolute Gasteiger partial charge is 0.351 e. The Kier molecular flexibility index (Phi) is 6.87. The van der Waals surface area contributed by atoms with Crippen LogP contribution in [0.2, 0.25) is 0 Å². The van der Waals surface area contributed by atoms with Gasteiger partial charge in [0, 0.05) is 32.2 Å². The van der Waals surface area contributed by atoms with Gasteiger partial charge in [-0.25, -0.2) is 8.42 Å². The lowest BCUT2D eigenvalue weighted by Gasteiger charge is -2.25. The van der Waals surface area contributed by atoms with Crippen LogP contribution in [0.5, 0.6) is 0 Å². The van der Waals surface area contributed by atoms with Crippen molar-refractivity contribution >= 4 is 15.9 Å². The molecule has 7 nitrogen and oxygen atoms in total. The first-order chi connectivity index (χ1) is 14.3. The average Bonchev–Trinajstić information content (AvgIpc) is 3.22. The Balaban J connectivity index is 1.54. The molecule has 0 radical (unpaired) electrons. The number of nitriles is 1. The molecule has 1 amide bonds. The number of rotatable bonds is 7. The first kappa shape index (κ1) is 22.0. The van der Waals surface area contributed by atoms with Gasteiger partial charge in [0.05, 0.1) is 23.1 Å². The molecule has 1 saturated heterocycles.